The number of nitrogens with one attached hydrogen (secondary N) is 1. The average molecular weight is 265 g/mol. The molecule has 0 saturated heterocycles. The van der Waals surface area contributed by atoms with Crippen molar-refractivity contribution in [2.75, 3.05) is 18.0 Å². The Labute approximate surface area is 99.8 Å². The Hall–Kier alpha value is -1.44. The SMILES string of the molecule is Nc1ccnc(C(=O)NCCSC(F)(F)F)c1. The van der Waals surface area contributed by atoms with Gasteiger partial charge in [-0.1, -0.05) is 0 Å². The van der Waals surface area contributed by atoms with E-state index in [4.69, 9.17) is 5.73 Å². The summed E-state index contributed by atoms with van der Waals surface area (Å²) in [7, 11) is 0. The summed E-state index contributed by atoms with van der Waals surface area (Å²) in [4.78, 5) is 15.1. The monoisotopic (exact) mass is 265 g/mol. The maximum absolute atomic E-state index is 11.8. The summed E-state index contributed by atoms with van der Waals surface area (Å²) in [5.74, 6) is -0.780. The molecule has 4 nitrogen and oxygen atoms in total. The Morgan fingerprint density at radius 1 is 1.53 bits per heavy atom. The van der Waals surface area contributed by atoms with Crippen LogP contribution in [-0.4, -0.2) is 28.7 Å². The second-order valence-corrected chi connectivity index (χ2v) is 4.18. The van der Waals surface area contributed by atoms with Crippen LogP contribution in [0.15, 0.2) is 18.3 Å². The molecule has 0 aliphatic heterocycles. The molecule has 0 aromatic carbocycles. The van der Waals surface area contributed by atoms with Gasteiger partial charge in [-0.3, -0.25) is 9.78 Å². The topological polar surface area (TPSA) is 68.0 Å². The molecule has 0 aliphatic carbocycles. The zero-order valence-electron chi connectivity index (χ0n) is 8.62. The van der Waals surface area contributed by atoms with Crippen molar-refractivity contribution >= 4 is 23.4 Å². The van der Waals surface area contributed by atoms with Crippen LogP contribution in [0.2, 0.25) is 0 Å². The Bertz CT molecular complexity index is 397. The fourth-order valence-corrected chi connectivity index (χ4v) is 1.43. The molecule has 1 heterocycles. The zero-order chi connectivity index (χ0) is 12.9. The number of halogens is 3. The van der Waals surface area contributed by atoms with E-state index in [1.54, 1.807) is 0 Å². The van der Waals surface area contributed by atoms with Crippen LogP contribution in [0.1, 0.15) is 10.5 Å². The highest BCUT2D eigenvalue weighted by atomic mass is 32.2. The normalized spacial score (nSPS) is 11.2. The van der Waals surface area contributed by atoms with E-state index in [1.807, 2.05) is 0 Å². The minimum Gasteiger partial charge on any atom is -0.399 e. The third kappa shape index (κ3) is 5.43. The number of carbonyl (C=O) groups is 1. The summed E-state index contributed by atoms with van der Waals surface area (Å²) >= 11 is -0.186. The van der Waals surface area contributed by atoms with Gasteiger partial charge >= 0.3 is 5.51 Å². The van der Waals surface area contributed by atoms with Gasteiger partial charge < -0.3 is 11.1 Å². The molecular formula is C9H10F3N3OS. The van der Waals surface area contributed by atoms with E-state index >= 15 is 0 Å². The molecule has 0 atom stereocenters. The predicted molar refractivity (Wildman–Crippen MR) is 59.5 cm³/mol. The van der Waals surface area contributed by atoms with Crippen molar-refractivity contribution in [2.45, 2.75) is 5.51 Å². The van der Waals surface area contributed by atoms with Crippen LogP contribution in [0.25, 0.3) is 0 Å². The number of amides is 1. The quantitative estimate of drug-likeness (QED) is 0.812. The molecule has 1 aromatic heterocycles. The Balaban J connectivity index is 2.36. The standard InChI is InChI=1S/C9H10F3N3OS/c10-9(11,12)17-4-3-15-8(16)7-5-6(13)1-2-14-7/h1-2,5H,3-4H2,(H2,13,14)(H,15,16). The minimum atomic E-state index is -4.28. The molecule has 0 radical (unpaired) electrons. The molecule has 1 rings (SSSR count). The second-order valence-electron chi connectivity index (χ2n) is 3.02. The van der Waals surface area contributed by atoms with Gasteiger partial charge in [-0.25, -0.2) is 0 Å². The lowest BCUT2D eigenvalue weighted by atomic mass is 10.3. The smallest absolute Gasteiger partial charge is 0.399 e. The first-order valence-electron chi connectivity index (χ1n) is 4.59. The van der Waals surface area contributed by atoms with Crippen LogP contribution in [0.5, 0.6) is 0 Å². The predicted octanol–water partition coefficient (Wildman–Crippen LogP) is 1.65. The van der Waals surface area contributed by atoms with Gasteiger partial charge in [0, 0.05) is 24.2 Å². The van der Waals surface area contributed by atoms with Crippen molar-refractivity contribution in [2.24, 2.45) is 0 Å². The zero-order valence-corrected chi connectivity index (χ0v) is 9.44. The number of nitrogen functional groups attached to an aromatic ring is 1. The number of aromatic nitrogens is 1. The van der Waals surface area contributed by atoms with Gasteiger partial charge in [-0.05, 0) is 23.9 Å². The van der Waals surface area contributed by atoms with Crippen LogP contribution >= 0.6 is 11.8 Å². The van der Waals surface area contributed by atoms with Crippen molar-refractivity contribution in [3.8, 4) is 0 Å². The molecule has 17 heavy (non-hydrogen) atoms. The van der Waals surface area contributed by atoms with Crippen LogP contribution < -0.4 is 11.1 Å². The van der Waals surface area contributed by atoms with Crippen LogP contribution in [0, 0.1) is 0 Å². The lowest BCUT2D eigenvalue weighted by molar-refractivity contribution is -0.0327. The molecule has 0 bridgehead atoms. The summed E-state index contributed by atoms with van der Waals surface area (Å²) < 4.78 is 35.3. The average Bonchev–Trinajstić information content (AvgIpc) is 2.23. The van der Waals surface area contributed by atoms with Crippen molar-refractivity contribution in [3.63, 3.8) is 0 Å². The molecule has 3 N–H and O–H groups in total. The van der Waals surface area contributed by atoms with Crippen molar-refractivity contribution in [1.82, 2.24) is 10.3 Å². The summed E-state index contributed by atoms with van der Waals surface area (Å²) in [5, 5.41) is 2.32. The van der Waals surface area contributed by atoms with E-state index in [-0.39, 0.29) is 29.8 Å². The summed E-state index contributed by atoms with van der Waals surface area (Å²) in [6.07, 6.45) is 1.36. The van der Waals surface area contributed by atoms with E-state index < -0.39 is 11.4 Å². The summed E-state index contributed by atoms with van der Waals surface area (Å²) in [5.41, 5.74) is 1.61. The van der Waals surface area contributed by atoms with Gasteiger partial charge in [0.1, 0.15) is 5.69 Å². The lowest BCUT2D eigenvalue weighted by Gasteiger charge is -2.06. The van der Waals surface area contributed by atoms with Crippen molar-refractivity contribution < 1.29 is 18.0 Å². The number of nitrogens with zero attached hydrogens (tertiary/aromatic N) is 1. The van der Waals surface area contributed by atoms with Gasteiger partial charge in [-0.15, -0.1) is 0 Å². The van der Waals surface area contributed by atoms with Gasteiger partial charge in [0.05, 0.1) is 0 Å². The van der Waals surface area contributed by atoms with E-state index in [9.17, 15) is 18.0 Å². The van der Waals surface area contributed by atoms with E-state index in [0.717, 1.165) is 0 Å². The number of rotatable bonds is 4. The Kier molecular flexibility index (Phi) is 4.62. The number of alkyl halides is 3. The molecule has 0 unspecified atom stereocenters. The van der Waals surface area contributed by atoms with Crippen LogP contribution in [0.3, 0.4) is 0 Å². The maximum Gasteiger partial charge on any atom is 0.441 e. The third-order valence-electron chi connectivity index (χ3n) is 1.67. The number of carbonyl (C=O) groups excluding carboxylic acids is 1. The molecule has 1 aromatic rings. The van der Waals surface area contributed by atoms with Gasteiger partial charge in [-0.2, -0.15) is 13.2 Å². The molecule has 8 heteroatoms. The molecule has 0 spiro atoms. The Morgan fingerprint density at radius 3 is 2.82 bits per heavy atom. The number of pyridine rings is 1. The molecule has 1 amide bonds. The number of thioether (sulfide) groups is 1. The highest BCUT2D eigenvalue weighted by Crippen LogP contribution is 2.29. The first-order chi connectivity index (χ1) is 7.88. The van der Waals surface area contributed by atoms with Gasteiger partial charge in [0.15, 0.2) is 0 Å². The van der Waals surface area contributed by atoms with E-state index in [2.05, 4.69) is 10.3 Å². The first-order valence-corrected chi connectivity index (χ1v) is 5.57. The summed E-state index contributed by atoms with van der Waals surface area (Å²) in [6.45, 7) is -0.0838. The number of nitrogens with two attached hydrogens (primary N) is 1. The summed E-state index contributed by atoms with van der Waals surface area (Å²) in [6, 6.07) is 2.86. The molecule has 0 saturated carbocycles. The highest BCUT2D eigenvalue weighted by Gasteiger charge is 2.27. The Morgan fingerprint density at radius 2 is 2.24 bits per heavy atom. The van der Waals surface area contributed by atoms with Crippen molar-refractivity contribution in [3.05, 3.63) is 24.0 Å². The molecule has 94 valence electrons. The largest absolute Gasteiger partial charge is 0.441 e. The first kappa shape index (κ1) is 13.6. The second kappa shape index (κ2) is 5.76. The number of hydrogen-bond donors (Lipinski definition) is 2. The highest BCUT2D eigenvalue weighted by molar-refractivity contribution is 8.00. The molecular weight excluding hydrogens is 255 g/mol. The molecule has 0 aliphatic rings. The van der Waals surface area contributed by atoms with Gasteiger partial charge in [0.25, 0.3) is 5.91 Å². The fourth-order valence-electron chi connectivity index (χ4n) is 0.993. The fraction of sp³-hybridized carbons (Fsp3) is 0.333. The van der Waals surface area contributed by atoms with E-state index in [1.165, 1.54) is 18.3 Å². The van der Waals surface area contributed by atoms with Crippen LogP contribution in [-0.2, 0) is 0 Å². The minimum absolute atomic E-state index is 0.0838. The van der Waals surface area contributed by atoms with E-state index in [0.29, 0.717) is 5.69 Å². The van der Waals surface area contributed by atoms with Crippen LogP contribution in [0.4, 0.5) is 18.9 Å². The molecule has 0 fully saturated rings. The third-order valence-corrected chi connectivity index (χ3v) is 2.41. The lowest BCUT2D eigenvalue weighted by Crippen LogP contribution is -2.27. The van der Waals surface area contributed by atoms with Crippen molar-refractivity contribution in [1.29, 1.82) is 0 Å². The number of anilines is 1. The number of hydrogen-bond acceptors (Lipinski definition) is 4. The van der Waals surface area contributed by atoms with Gasteiger partial charge in [0.2, 0.25) is 0 Å². The maximum atomic E-state index is 11.8.